The summed E-state index contributed by atoms with van der Waals surface area (Å²) in [4.78, 5) is 0. The van der Waals surface area contributed by atoms with Crippen molar-refractivity contribution in [1.29, 1.82) is 0 Å². The predicted molar refractivity (Wildman–Crippen MR) is 68.3 cm³/mol. The van der Waals surface area contributed by atoms with E-state index in [-0.39, 0.29) is 5.41 Å². The van der Waals surface area contributed by atoms with Gasteiger partial charge >= 0.3 is 0 Å². The van der Waals surface area contributed by atoms with Gasteiger partial charge in [-0.15, -0.1) is 0 Å². The van der Waals surface area contributed by atoms with E-state index >= 15 is 0 Å². The van der Waals surface area contributed by atoms with Gasteiger partial charge in [-0.25, -0.2) is 0 Å². The maximum Gasteiger partial charge on any atom is 0.0457 e. The van der Waals surface area contributed by atoms with Crippen LogP contribution in [0.2, 0.25) is 0 Å². The van der Waals surface area contributed by atoms with Crippen LogP contribution in [-0.2, 0) is 5.41 Å². The van der Waals surface area contributed by atoms with E-state index in [4.69, 9.17) is 5.73 Å². The molecule has 2 atom stereocenters. The molecule has 0 aliphatic carbocycles. The maximum atomic E-state index is 5.96. The molecule has 1 fully saturated rings. The van der Waals surface area contributed by atoms with Crippen molar-refractivity contribution in [3.05, 3.63) is 35.4 Å². The van der Waals surface area contributed by atoms with Gasteiger partial charge in [-0.1, -0.05) is 45.0 Å². The van der Waals surface area contributed by atoms with Crippen LogP contribution in [0, 0.1) is 0 Å². The van der Waals surface area contributed by atoms with Crippen molar-refractivity contribution in [1.82, 2.24) is 0 Å². The zero-order valence-corrected chi connectivity index (χ0v) is 10.5. The molecule has 1 aliphatic rings. The summed E-state index contributed by atoms with van der Waals surface area (Å²) in [6, 6.07) is 9.30. The van der Waals surface area contributed by atoms with Gasteiger partial charge in [0.05, 0.1) is 0 Å². The van der Waals surface area contributed by atoms with E-state index in [0.717, 1.165) is 5.75 Å². The highest BCUT2D eigenvalue weighted by molar-refractivity contribution is 8.01. The molecule has 2 N–H and O–H groups in total. The van der Waals surface area contributed by atoms with Gasteiger partial charge in [0, 0.05) is 17.0 Å². The molecule has 0 spiro atoms. The molecule has 1 aromatic rings. The number of rotatable bonds is 1. The van der Waals surface area contributed by atoms with Crippen LogP contribution in [0.5, 0.6) is 0 Å². The zero-order valence-electron chi connectivity index (χ0n) is 9.66. The van der Waals surface area contributed by atoms with Crippen molar-refractivity contribution in [2.75, 3.05) is 5.75 Å². The molecule has 0 amide bonds. The quantitative estimate of drug-likeness (QED) is 0.788. The second-order valence-corrected chi connectivity index (χ2v) is 6.46. The maximum absolute atomic E-state index is 5.96. The summed E-state index contributed by atoms with van der Waals surface area (Å²) in [5, 5.41) is 0.527. The van der Waals surface area contributed by atoms with Crippen molar-refractivity contribution >= 4 is 11.8 Å². The number of hydrogen-bond donors (Lipinski definition) is 1. The smallest absolute Gasteiger partial charge is 0.0457 e. The lowest BCUT2D eigenvalue weighted by Crippen LogP contribution is -2.37. The summed E-state index contributed by atoms with van der Waals surface area (Å²) in [6.07, 6.45) is 0. The fourth-order valence-electron chi connectivity index (χ4n) is 1.82. The average Bonchev–Trinajstić information content (AvgIpc) is 2.15. The van der Waals surface area contributed by atoms with Crippen LogP contribution in [-0.4, -0.2) is 11.8 Å². The highest BCUT2D eigenvalue weighted by atomic mass is 32.2. The third-order valence-electron chi connectivity index (χ3n) is 2.96. The molecule has 1 saturated heterocycles. The molecule has 1 aromatic carbocycles. The van der Waals surface area contributed by atoms with Crippen LogP contribution in [0.3, 0.4) is 0 Å². The molecule has 2 rings (SSSR count). The van der Waals surface area contributed by atoms with Crippen molar-refractivity contribution in [2.45, 2.75) is 37.5 Å². The van der Waals surface area contributed by atoms with Gasteiger partial charge in [-0.2, -0.15) is 11.8 Å². The first-order chi connectivity index (χ1) is 6.98. The van der Waals surface area contributed by atoms with Gasteiger partial charge in [0.1, 0.15) is 0 Å². The Labute approximate surface area is 96.4 Å². The Morgan fingerprint density at radius 2 is 1.80 bits per heavy atom. The highest BCUT2D eigenvalue weighted by Crippen LogP contribution is 2.41. The highest BCUT2D eigenvalue weighted by Gasteiger charge is 2.29. The summed E-state index contributed by atoms with van der Waals surface area (Å²) >= 11 is 1.95. The van der Waals surface area contributed by atoms with E-state index < -0.39 is 0 Å². The van der Waals surface area contributed by atoms with E-state index in [1.54, 1.807) is 0 Å². The summed E-state index contributed by atoms with van der Waals surface area (Å²) < 4.78 is 0. The normalized spacial score (nSPS) is 26.1. The Bertz CT molecular complexity index is 337. The molecule has 2 unspecified atom stereocenters. The summed E-state index contributed by atoms with van der Waals surface area (Å²) in [5.74, 6) is 1.10. The number of thioether (sulfide) groups is 1. The minimum absolute atomic E-state index is 0.243. The summed E-state index contributed by atoms with van der Waals surface area (Å²) in [5.41, 5.74) is 8.98. The zero-order chi connectivity index (χ0) is 11.1. The average molecular weight is 221 g/mol. The monoisotopic (exact) mass is 221 g/mol. The fourth-order valence-corrected chi connectivity index (χ4v) is 2.78. The molecule has 1 nitrogen and oxygen atoms in total. The molecule has 82 valence electrons. The molecule has 0 saturated carbocycles. The Morgan fingerprint density at radius 3 is 2.13 bits per heavy atom. The topological polar surface area (TPSA) is 26.0 Å². The summed E-state index contributed by atoms with van der Waals surface area (Å²) in [6.45, 7) is 6.73. The SMILES string of the molecule is CC(C)(C)c1ccc(C2SCC2N)cc1. The fraction of sp³-hybridized carbons (Fsp3) is 0.538. The van der Waals surface area contributed by atoms with Gasteiger partial charge in [0.25, 0.3) is 0 Å². The predicted octanol–water partition coefficient (Wildman–Crippen LogP) is 3.10. The van der Waals surface area contributed by atoms with Crippen molar-refractivity contribution in [3.63, 3.8) is 0 Å². The Balaban J connectivity index is 2.17. The van der Waals surface area contributed by atoms with Gasteiger partial charge in [0.2, 0.25) is 0 Å². The molecule has 2 heteroatoms. The van der Waals surface area contributed by atoms with Gasteiger partial charge in [-0.05, 0) is 16.5 Å². The second-order valence-electron chi connectivity index (χ2n) is 5.29. The molecule has 0 radical (unpaired) electrons. The first-order valence-corrected chi connectivity index (χ1v) is 6.51. The van der Waals surface area contributed by atoms with Crippen LogP contribution in [0.1, 0.15) is 37.1 Å². The van der Waals surface area contributed by atoms with Crippen LogP contribution in [0.15, 0.2) is 24.3 Å². The van der Waals surface area contributed by atoms with E-state index in [9.17, 15) is 0 Å². The molecule has 1 heterocycles. The van der Waals surface area contributed by atoms with Gasteiger partial charge < -0.3 is 5.73 Å². The first-order valence-electron chi connectivity index (χ1n) is 5.46. The standard InChI is InChI=1S/C13H19NS/c1-13(2,3)10-6-4-9(5-7-10)12-11(14)8-15-12/h4-7,11-12H,8,14H2,1-3H3. The lowest BCUT2D eigenvalue weighted by atomic mass is 9.86. The van der Waals surface area contributed by atoms with E-state index in [0.29, 0.717) is 11.3 Å². The van der Waals surface area contributed by atoms with Crippen molar-refractivity contribution < 1.29 is 0 Å². The number of hydrogen-bond acceptors (Lipinski definition) is 2. The van der Waals surface area contributed by atoms with Crippen LogP contribution in [0.25, 0.3) is 0 Å². The Hall–Kier alpha value is -0.470. The third kappa shape index (κ3) is 2.21. The molecule has 15 heavy (non-hydrogen) atoms. The van der Waals surface area contributed by atoms with Crippen molar-refractivity contribution in [2.24, 2.45) is 5.73 Å². The summed E-state index contributed by atoms with van der Waals surface area (Å²) in [7, 11) is 0. The van der Waals surface area contributed by atoms with Crippen LogP contribution >= 0.6 is 11.8 Å². The second kappa shape index (κ2) is 3.84. The van der Waals surface area contributed by atoms with Gasteiger partial charge in [-0.3, -0.25) is 0 Å². The number of benzene rings is 1. The Kier molecular flexibility index (Phi) is 2.82. The molecular weight excluding hydrogens is 202 g/mol. The lowest BCUT2D eigenvalue weighted by Gasteiger charge is -2.33. The van der Waals surface area contributed by atoms with E-state index in [1.165, 1.54) is 11.1 Å². The van der Waals surface area contributed by atoms with Crippen molar-refractivity contribution in [3.8, 4) is 0 Å². The molecule has 0 aromatic heterocycles. The molecule has 0 bridgehead atoms. The van der Waals surface area contributed by atoms with E-state index in [1.807, 2.05) is 11.8 Å². The third-order valence-corrected chi connectivity index (χ3v) is 4.52. The van der Waals surface area contributed by atoms with Crippen LogP contribution < -0.4 is 5.73 Å². The molecule has 1 aliphatic heterocycles. The minimum atomic E-state index is 0.243. The molecular formula is C13H19NS. The minimum Gasteiger partial charge on any atom is -0.326 e. The first kappa shape index (κ1) is 11.0. The Morgan fingerprint density at radius 1 is 1.20 bits per heavy atom. The lowest BCUT2D eigenvalue weighted by molar-refractivity contribution is 0.589. The van der Waals surface area contributed by atoms with Gasteiger partial charge in [0.15, 0.2) is 0 Å². The van der Waals surface area contributed by atoms with Crippen LogP contribution in [0.4, 0.5) is 0 Å². The largest absolute Gasteiger partial charge is 0.326 e. The van der Waals surface area contributed by atoms with E-state index in [2.05, 4.69) is 45.0 Å². The number of nitrogens with two attached hydrogens (primary N) is 1.